The molecule has 0 spiro atoms. The molecule has 4 nitrogen and oxygen atoms in total. The lowest BCUT2D eigenvalue weighted by molar-refractivity contribution is 0.111. The number of nitrogens with zero attached hydrogens (tertiary/aromatic N) is 3. The van der Waals surface area contributed by atoms with Crippen LogP contribution in [-0.2, 0) is 13.1 Å². The van der Waals surface area contributed by atoms with Crippen LogP contribution in [-0.4, -0.2) is 22.4 Å². The van der Waals surface area contributed by atoms with Crippen LogP contribution in [0, 0.1) is 6.92 Å². The second kappa shape index (κ2) is 7.24. The number of thiazole rings is 1. The van der Waals surface area contributed by atoms with Gasteiger partial charge in [0.15, 0.2) is 11.4 Å². The van der Waals surface area contributed by atoms with E-state index < -0.39 is 0 Å². The summed E-state index contributed by atoms with van der Waals surface area (Å²) >= 11 is 1.58. The lowest BCUT2D eigenvalue weighted by Gasteiger charge is -2.22. The first-order chi connectivity index (χ1) is 11.3. The van der Waals surface area contributed by atoms with E-state index in [1.807, 2.05) is 37.3 Å². The molecular weight excluding hydrogens is 306 g/mol. The predicted molar refractivity (Wildman–Crippen MR) is 94.2 cm³/mol. The van der Waals surface area contributed by atoms with Crippen molar-refractivity contribution in [3.8, 4) is 0 Å². The monoisotopic (exact) mass is 325 g/mol. The number of hydrogen-bond acceptors (Lipinski definition) is 4. The van der Waals surface area contributed by atoms with Gasteiger partial charge in [0.1, 0.15) is 5.69 Å². The fourth-order valence-electron chi connectivity index (χ4n) is 2.44. The summed E-state index contributed by atoms with van der Waals surface area (Å²) in [6.07, 6.45) is 4.96. The zero-order chi connectivity index (χ0) is 16.1. The average molecular weight is 325 g/mol. The maximum Gasteiger partial charge on any atom is 0.186 e. The van der Waals surface area contributed by atoms with Crippen LogP contribution in [0.4, 0.5) is 5.13 Å². The molecule has 0 unspecified atom stereocenters. The molecule has 0 N–H and O–H groups in total. The Balaban J connectivity index is 1.80. The molecule has 0 radical (unpaired) electrons. The summed E-state index contributed by atoms with van der Waals surface area (Å²) < 4.78 is 2.15. The van der Waals surface area contributed by atoms with Crippen LogP contribution in [0.3, 0.4) is 0 Å². The van der Waals surface area contributed by atoms with Gasteiger partial charge in [0, 0.05) is 36.9 Å². The van der Waals surface area contributed by atoms with E-state index in [2.05, 4.69) is 39.0 Å². The third-order valence-corrected chi connectivity index (χ3v) is 4.76. The maximum atomic E-state index is 11.1. The molecule has 1 aromatic carbocycles. The van der Waals surface area contributed by atoms with Gasteiger partial charge < -0.3 is 9.47 Å². The molecular formula is C18H19N3OS. The third-order valence-electron chi connectivity index (χ3n) is 3.71. The Bertz CT molecular complexity index is 750. The fraction of sp³-hybridized carbons (Fsp3) is 0.222. The summed E-state index contributed by atoms with van der Waals surface area (Å²) in [5.41, 5.74) is 1.78. The van der Waals surface area contributed by atoms with Crippen molar-refractivity contribution in [3.63, 3.8) is 0 Å². The molecule has 5 heteroatoms. The van der Waals surface area contributed by atoms with Gasteiger partial charge in [-0.2, -0.15) is 0 Å². The topological polar surface area (TPSA) is 38.1 Å². The summed E-state index contributed by atoms with van der Waals surface area (Å²) in [6.45, 7) is 4.45. The van der Waals surface area contributed by atoms with Gasteiger partial charge in [0.25, 0.3) is 0 Å². The van der Waals surface area contributed by atoms with E-state index in [9.17, 15) is 4.79 Å². The molecule has 2 aromatic heterocycles. The van der Waals surface area contributed by atoms with Crippen molar-refractivity contribution >= 4 is 22.8 Å². The number of rotatable bonds is 7. The number of aldehydes is 1. The highest BCUT2D eigenvalue weighted by Gasteiger charge is 2.14. The second-order valence-electron chi connectivity index (χ2n) is 5.38. The minimum atomic E-state index is 0.545. The quantitative estimate of drug-likeness (QED) is 0.621. The Kier molecular flexibility index (Phi) is 4.88. The lowest BCUT2D eigenvalue weighted by atomic mass is 10.2. The number of carbonyl (C=O) groups excluding carboxylic acids is 1. The molecule has 23 heavy (non-hydrogen) atoms. The zero-order valence-corrected chi connectivity index (χ0v) is 13.9. The summed E-state index contributed by atoms with van der Waals surface area (Å²) in [5, 5.41) is 0.903. The summed E-state index contributed by atoms with van der Waals surface area (Å²) in [6, 6.07) is 14.4. The highest BCUT2D eigenvalue weighted by Crippen LogP contribution is 2.26. The molecule has 0 amide bonds. The molecule has 0 bridgehead atoms. The minimum absolute atomic E-state index is 0.545. The first-order valence-electron chi connectivity index (χ1n) is 7.58. The molecule has 0 aliphatic carbocycles. The molecule has 3 aromatic rings. The van der Waals surface area contributed by atoms with Crippen molar-refractivity contribution in [1.82, 2.24) is 9.55 Å². The van der Waals surface area contributed by atoms with E-state index in [0.717, 1.165) is 35.9 Å². The highest BCUT2D eigenvalue weighted by molar-refractivity contribution is 7.15. The Labute approximate surface area is 140 Å². The lowest BCUT2D eigenvalue weighted by Crippen LogP contribution is -2.26. The van der Waals surface area contributed by atoms with E-state index in [0.29, 0.717) is 5.69 Å². The smallest absolute Gasteiger partial charge is 0.186 e. The van der Waals surface area contributed by atoms with Gasteiger partial charge in [-0.15, -0.1) is 11.3 Å². The van der Waals surface area contributed by atoms with Crippen LogP contribution in [0.25, 0.3) is 0 Å². The van der Waals surface area contributed by atoms with Gasteiger partial charge in [-0.05, 0) is 24.6 Å². The maximum absolute atomic E-state index is 11.1. The van der Waals surface area contributed by atoms with E-state index >= 15 is 0 Å². The molecule has 0 fully saturated rings. The van der Waals surface area contributed by atoms with Crippen LogP contribution in [0.2, 0.25) is 0 Å². The van der Waals surface area contributed by atoms with E-state index in [1.165, 1.54) is 5.56 Å². The number of carbonyl (C=O) groups is 1. The Morgan fingerprint density at radius 1 is 1.17 bits per heavy atom. The number of aryl methyl sites for hydroxylation is 1. The van der Waals surface area contributed by atoms with E-state index in [4.69, 9.17) is 0 Å². The Morgan fingerprint density at radius 3 is 2.57 bits per heavy atom. The van der Waals surface area contributed by atoms with Gasteiger partial charge in [0.2, 0.25) is 0 Å². The largest absolute Gasteiger partial charge is 0.352 e. The predicted octanol–water partition coefficient (Wildman–Crippen LogP) is 3.77. The van der Waals surface area contributed by atoms with Crippen LogP contribution < -0.4 is 4.90 Å². The summed E-state index contributed by atoms with van der Waals surface area (Å²) in [4.78, 5) is 18.8. The minimum Gasteiger partial charge on any atom is -0.352 e. The number of aromatic nitrogens is 2. The van der Waals surface area contributed by atoms with Crippen LogP contribution >= 0.6 is 11.3 Å². The highest BCUT2D eigenvalue weighted by atomic mass is 32.1. The molecule has 0 saturated carbocycles. The van der Waals surface area contributed by atoms with E-state index in [-0.39, 0.29) is 0 Å². The molecule has 0 atom stereocenters. The van der Waals surface area contributed by atoms with Gasteiger partial charge in [-0.1, -0.05) is 30.3 Å². The van der Waals surface area contributed by atoms with Crippen molar-refractivity contribution in [3.05, 3.63) is 71.0 Å². The summed E-state index contributed by atoms with van der Waals surface area (Å²) in [7, 11) is 0. The van der Waals surface area contributed by atoms with Crippen molar-refractivity contribution in [1.29, 1.82) is 0 Å². The average Bonchev–Trinajstić information content (AvgIpc) is 3.21. The molecule has 0 saturated heterocycles. The van der Waals surface area contributed by atoms with Crippen molar-refractivity contribution in [2.24, 2.45) is 0 Å². The van der Waals surface area contributed by atoms with Crippen molar-refractivity contribution in [2.45, 2.75) is 20.0 Å². The molecule has 0 aliphatic rings. The Morgan fingerprint density at radius 2 is 1.91 bits per heavy atom. The SMILES string of the molecule is Cc1sc(N(CCn2cccc2)Cc2ccccc2)nc1C=O. The standard InChI is InChI=1S/C18H19N3OS/c1-15-17(14-22)19-18(23-15)21(12-11-20-9-5-6-10-20)13-16-7-3-2-4-8-16/h2-10,14H,11-13H2,1H3. The third kappa shape index (κ3) is 3.87. The van der Waals surface area contributed by atoms with Crippen molar-refractivity contribution < 1.29 is 4.79 Å². The molecule has 0 aliphatic heterocycles. The van der Waals surface area contributed by atoms with Crippen molar-refractivity contribution in [2.75, 3.05) is 11.4 Å². The number of anilines is 1. The van der Waals surface area contributed by atoms with Crippen LogP contribution in [0.15, 0.2) is 54.9 Å². The van der Waals surface area contributed by atoms with Gasteiger partial charge in [0.05, 0.1) is 0 Å². The first kappa shape index (κ1) is 15.5. The fourth-order valence-corrected chi connectivity index (χ4v) is 3.34. The van der Waals surface area contributed by atoms with Gasteiger partial charge >= 0.3 is 0 Å². The van der Waals surface area contributed by atoms with Gasteiger partial charge in [-0.25, -0.2) is 4.98 Å². The molecule has 118 valence electrons. The Hall–Kier alpha value is -2.40. The van der Waals surface area contributed by atoms with E-state index in [1.54, 1.807) is 11.3 Å². The number of hydrogen-bond donors (Lipinski definition) is 0. The second-order valence-corrected chi connectivity index (χ2v) is 6.57. The molecule has 2 heterocycles. The van der Waals surface area contributed by atoms with Gasteiger partial charge in [-0.3, -0.25) is 4.79 Å². The first-order valence-corrected chi connectivity index (χ1v) is 8.40. The zero-order valence-electron chi connectivity index (χ0n) is 13.1. The van der Waals surface area contributed by atoms with Crippen LogP contribution in [0.1, 0.15) is 20.9 Å². The normalized spacial score (nSPS) is 10.7. The summed E-state index contributed by atoms with van der Waals surface area (Å²) in [5.74, 6) is 0. The number of benzene rings is 1. The molecule has 3 rings (SSSR count). The van der Waals surface area contributed by atoms with Crippen LogP contribution in [0.5, 0.6) is 0 Å².